The summed E-state index contributed by atoms with van der Waals surface area (Å²) < 4.78 is 4.63. The summed E-state index contributed by atoms with van der Waals surface area (Å²) in [6.45, 7) is 0.902. The lowest BCUT2D eigenvalue weighted by molar-refractivity contribution is -0.211. The molecule has 0 aromatic rings. The summed E-state index contributed by atoms with van der Waals surface area (Å²) in [7, 11) is 0. The molecule has 0 saturated carbocycles. The molecule has 1 heterocycles. The lowest BCUT2D eigenvalue weighted by Gasteiger charge is -2.45. The Labute approximate surface area is 97.7 Å². The van der Waals surface area contributed by atoms with Crippen molar-refractivity contribution in [3.63, 3.8) is 0 Å². The van der Waals surface area contributed by atoms with Gasteiger partial charge >= 0.3 is 6.09 Å². The Hall–Kier alpha value is -0.930. The lowest BCUT2D eigenvalue weighted by Crippen LogP contribution is -2.68. The van der Waals surface area contributed by atoms with E-state index >= 15 is 0 Å². The van der Waals surface area contributed by atoms with Gasteiger partial charge in [-0.15, -0.1) is 0 Å². The maximum absolute atomic E-state index is 11.5. The van der Waals surface area contributed by atoms with Gasteiger partial charge in [-0.2, -0.15) is 0 Å². The fraction of sp³-hybridized carbons (Fsp3) is 0.889. The van der Waals surface area contributed by atoms with Gasteiger partial charge in [0.15, 0.2) is 6.23 Å². The Morgan fingerprint density at radius 1 is 1.18 bits per heavy atom. The zero-order chi connectivity index (χ0) is 13.2. The molecule has 8 nitrogen and oxygen atoms in total. The van der Waals surface area contributed by atoms with E-state index in [0.29, 0.717) is 4.90 Å². The minimum absolute atomic E-state index is 0.0367. The first-order valence-corrected chi connectivity index (χ1v) is 5.23. The Morgan fingerprint density at radius 2 is 1.76 bits per heavy atom. The van der Waals surface area contributed by atoms with Gasteiger partial charge in [0.05, 0.1) is 19.3 Å². The summed E-state index contributed by atoms with van der Waals surface area (Å²) in [4.78, 5) is 12.1. The van der Waals surface area contributed by atoms with Crippen molar-refractivity contribution in [1.82, 2.24) is 4.90 Å². The second-order valence-corrected chi connectivity index (χ2v) is 3.74. The minimum atomic E-state index is -1.75. The Morgan fingerprint density at radius 3 is 2.24 bits per heavy atom. The van der Waals surface area contributed by atoms with E-state index in [1.807, 2.05) is 0 Å². The van der Waals surface area contributed by atoms with E-state index in [1.54, 1.807) is 6.92 Å². The fourth-order valence-corrected chi connectivity index (χ4v) is 1.77. The molecule has 100 valence electrons. The number of carbonyl (C=O) groups excluding carboxylic acids is 1. The summed E-state index contributed by atoms with van der Waals surface area (Å²) in [5.41, 5.74) is 0. The van der Waals surface area contributed by atoms with Gasteiger partial charge in [-0.1, -0.05) is 0 Å². The van der Waals surface area contributed by atoms with Crippen LogP contribution >= 0.6 is 0 Å². The predicted octanol–water partition coefficient (Wildman–Crippen LogP) is -2.78. The van der Waals surface area contributed by atoms with E-state index in [9.17, 15) is 25.2 Å². The second-order valence-electron chi connectivity index (χ2n) is 3.74. The van der Waals surface area contributed by atoms with Gasteiger partial charge in [0.2, 0.25) is 0 Å². The van der Waals surface area contributed by atoms with Crippen molar-refractivity contribution >= 4 is 6.09 Å². The Bertz CT molecular complexity index is 274. The SMILES string of the molecule is CCOC(=O)N1C(O)[C@H](O)[C@@H](O)[C@H](O)[C@H]1CO. The van der Waals surface area contributed by atoms with E-state index in [2.05, 4.69) is 4.74 Å². The van der Waals surface area contributed by atoms with Gasteiger partial charge < -0.3 is 30.3 Å². The number of aliphatic hydroxyl groups excluding tert-OH is 5. The lowest BCUT2D eigenvalue weighted by atomic mass is 9.93. The van der Waals surface area contributed by atoms with E-state index in [-0.39, 0.29) is 6.61 Å². The van der Waals surface area contributed by atoms with Crippen molar-refractivity contribution in [2.45, 2.75) is 37.5 Å². The van der Waals surface area contributed by atoms with Gasteiger partial charge in [-0.3, -0.25) is 4.90 Å². The van der Waals surface area contributed by atoms with Crippen LogP contribution in [0, 0.1) is 0 Å². The molecule has 0 spiro atoms. The van der Waals surface area contributed by atoms with E-state index < -0.39 is 43.3 Å². The molecule has 1 aliphatic rings. The molecule has 1 saturated heterocycles. The molecule has 1 rings (SSSR count). The number of likely N-dealkylation sites (tertiary alicyclic amines) is 1. The van der Waals surface area contributed by atoms with Crippen LogP contribution in [0.1, 0.15) is 6.92 Å². The molecule has 5 atom stereocenters. The summed E-state index contributed by atoms with van der Waals surface area (Å²) in [5.74, 6) is 0. The zero-order valence-electron chi connectivity index (χ0n) is 9.30. The van der Waals surface area contributed by atoms with Crippen LogP contribution in [0.4, 0.5) is 4.79 Å². The second kappa shape index (κ2) is 5.61. The zero-order valence-corrected chi connectivity index (χ0v) is 9.30. The fourth-order valence-electron chi connectivity index (χ4n) is 1.77. The Balaban J connectivity index is 2.94. The van der Waals surface area contributed by atoms with Gasteiger partial charge in [-0.25, -0.2) is 4.79 Å². The molecule has 0 radical (unpaired) electrons. The third-order valence-corrected chi connectivity index (χ3v) is 2.71. The van der Waals surface area contributed by atoms with Gasteiger partial charge in [-0.05, 0) is 6.92 Å². The first kappa shape index (κ1) is 14.1. The third-order valence-electron chi connectivity index (χ3n) is 2.71. The average Bonchev–Trinajstić information content (AvgIpc) is 2.31. The van der Waals surface area contributed by atoms with Crippen molar-refractivity contribution in [2.75, 3.05) is 13.2 Å². The first-order valence-electron chi connectivity index (χ1n) is 5.23. The molecule has 5 N–H and O–H groups in total. The number of hydrogen-bond acceptors (Lipinski definition) is 7. The van der Waals surface area contributed by atoms with Gasteiger partial charge in [0, 0.05) is 0 Å². The summed E-state index contributed by atoms with van der Waals surface area (Å²) in [5, 5.41) is 47.1. The van der Waals surface area contributed by atoms with Crippen molar-refractivity contribution in [3.05, 3.63) is 0 Å². The summed E-state index contributed by atoms with van der Waals surface area (Å²) >= 11 is 0. The topological polar surface area (TPSA) is 131 Å². The van der Waals surface area contributed by atoms with Crippen LogP contribution in [0.3, 0.4) is 0 Å². The number of amides is 1. The smallest absolute Gasteiger partial charge is 0.412 e. The average molecular weight is 251 g/mol. The summed E-state index contributed by atoms with van der Waals surface area (Å²) in [6.07, 6.45) is -7.67. The van der Waals surface area contributed by atoms with Crippen LogP contribution in [-0.2, 0) is 4.74 Å². The molecule has 17 heavy (non-hydrogen) atoms. The van der Waals surface area contributed by atoms with Crippen LogP contribution in [0.25, 0.3) is 0 Å². The maximum atomic E-state index is 11.5. The third kappa shape index (κ3) is 2.50. The van der Waals surface area contributed by atoms with E-state index in [4.69, 9.17) is 5.11 Å². The highest BCUT2D eigenvalue weighted by Gasteiger charge is 2.49. The quantitative estimate of drug-likeness (QED) is 0.359. The van der Waals surface area contributed by atoms with Crippen molar-refractivity contribution in [1.29, 1.82) is 0 Å². The summed E-state index contributed by atoms with van der Waals surface area (Å²) in [6, 6.07) is -1.23. The Kier molecular flexibility index (Phi) is 4.66. The number of aliphatic hydroxyl groups is 5. The molecule has 0 aromatic carbocycles. The van der Waals surface area contributed by atoms with Crippen molar-refractivity contribution in [2.24, 2.45) is 0 Å². The maximum Gasteiger partial charge on any atom is 0.412 e. The number of ether oxygens (including phenoxy) is 1. The van der Waals surface area contributed by atoms with Crippen LogP contribution in [-0.4, -0.2) is 80.3 Å². The van der Waals surface area contributed by atoms with Gasteiger partial charge in [0.25, 0.3) is 0 Å². The number of carbonyl (C=O) groups is 1. The number of nitrogens with zero attached hydrogens (tertiary/aromatic N) is 1. The molecule has 1 aliphatic heterocycles. The molecule has 0 aliphatic carbocycles. The predicted molar refractivity (Wildman–Crippen MR) is 53.8 cm³/mol. The molecule has 1 unspecified atom stereocenters. The van der Waals surface area contributed by atoms with E-state index in [0.717, 1.165) is 0 Å². The molecule has 1 amide bonds. The van der Waals surface area contributed by atoms with Gasteiger partial charge in [0.1, 0.15) is 18.3 Å². The molecular formula is C9H17NO7. The first-order chi connectivity index (χ1) is 7.95. The largest absolute Gasteiger partial charge is 0.450 e. The van der Waals surface area contributed by atoms with Crippen molar-refractivity contribution < 1.29 is 35.1 Å². The highest BCUT2D eigenvalue weighted by atomic mass is 16.6. The molecule has 1 fully saturated rings. The van der Waals surface area contributed by atoms with Crippen LogP contribution < -0.4 is 0 Å². The molecule has 8 heteroatoms. The highest BCUT2D eigenvalue weighted by molar-refractivity contribution is 5.68. The molecule has 0 aromatic heterocycles. The molecular weight excluding hydrogens is 234 g/mol. The highest BCUT2D eigenvalue weighted by Crippen LogP contribution is 2.23. The van der Waals surface area contributed by atoms with Crippen LogP contribution in [0.2, 0.25) is 0 Å². The normalized spacial score (nSPS) is 38.0. The van der Waals surface area contributed by atoms with E-state index in [1.165, 1.54) is 0 Å². The van der Waals surface area contributed by atoms with Crippen LogP contribution in [0.5, 0.6) is 0 Å². The number of piperidine rings is 1. The minimum Gasteiger partial charge on any atom is -0.450 e. The monoisotopic (exact) mass is 251 g/mol. The standard InChI is InChI=1S/C9H17NO7/c1-2-17-9(16)10-4(3-11)5(12)6(13)7(14)8(10)15/h4-8,11-15H,2-3H2,1H3/t4-,5-,6+,7-,8?/m1/s1. The number of hydrogen-bond donors (Lipinski definition) is 5. The van der Waals surface area contributed by atoms with Crippen LogP contribution in [0.15, 0.2) is 0 Å². The molecule has 0 bridgehead atoms. The van der Waals surface area contributed by atoms with Crippen molar-refractivity contribution in [3.8, 4) is 0 Å². The number of rotatable bonds is 2.